The van der Waals surface area contributed by atoms with E-state index in [-0.39, 0.29) is 0 Å². The van der Waals surface area contributed by atoms with Crippen LogP contribution in [-0.2, 0) is 4.74 Å². The van der Waals surface area contributed by atoms with E-state index < -0.39 is 0 Å². The second kappa shape index (κ2) is 7.34. The molecule has 2 fully saturated rings. The average Bonchev–Trinajstić information content (AvgIpc) is 2.88. The molecule has 0 aromatic rings. The molecule has 0 saturated carbocycles. The maximum absolute atomic E-state index is 5.60. The van der Waals surface area contributed by atoms with E-state index in [1.165, 1.54) is 45.2 Å². The van der Waals surface area contributed by atoms with Crippen LogP contribution in [0, 0.1) is 11.8 Å². The normalized spacial score (nSPS) is 31.6. The molecule has 2 rings (SSSR count). The monoisotopic (exact) mass is 240 g/mol. The van der Waals surface area contributed by atoms with Gasteiger partial charge in [0.2, 0.25) is 0 Å². The molecule has 3 heteroatoms. The van der Waals surface area contributed by atoms with Crippen molar-refractivity contribution in [1.82, 2.24) is 10.6 Å². The van der Waals surface area contributed by atoms with E-state index in [4.69, 9.17) is 4.74 Å². The Hall–Kier alpha value is -0.120. The highest BCUT2D eigenvalue weighted by Gasteiger charge is 2.19. The Morgan fingerprint density at radius 2 is 2.29 bits per heavy atom. The van der Waals surface area contributed by atoms with Gasteiger partial charge in [-0.15, -0.1) is 0 Å². The molecule has 2 heterocycles. The van der Waals surface area contributed by atoms with Crippen LogP contribution in [0.2, 0.25) is 0 Å². The standard InChI is InChI=1S/C14H28N2O/c1-12(13-4-2-7-15-10-13)6-8-16-11-14-5-3-9-17-14/h12-16H,2-11H2,1H3. The van der Waals surface area contributed by atoms with Crippen LogP contribution in [-0.4, -0.2) is 38.9 Å². The summed E-state index contributed by atoms with van der Waals surface area (Å²) in [5, 5.41) is 7.06. The lowest BCUT2D eigenvalue weighted by molar-refractivity contribution is 0.109. The lowest BCUT2D eigenvalue weighted by Crippen LogP contribution is -2.35. The number of piperidine rings is 1. The number of ether oxygens (including phenoxy) is 1. The van der Waals surface area contributed by atoms with Gasteiger partial charge in [0.05, 0.1) is 6.10 Å². The summed E-state index contributed by atoms with van der Waals surface area (Å²) in [6.07, 6.45) is 7.06. The zero-order valence-corrected chi connectivity index (χ0v) is 11.2. The largest absolute Gasteiger partial charge is 0.377 e. The predicted octanol–water partition coefficient (Wildman–Crippen LogP) is 1.78. The molecule has 0 aromatic carbocycles. The molecule has 3 unspecified atom stereocenters. The summed E-state index contributed by atoms with van der Waals surface area (Å²) in [6.45, 7) is 8.03. The van der Waals surface area contributed by atoms with Crippen LogP contribution >= 0.6 is 0 Å². The molecule has 2 N–H and O–H groups in total. The van der Waals surface area contributed by atoms with Crippen molar-refractivity contribution >= 4 is 0 Å². The Morgan fingerprint density at radius 3 is 3.00 bits per heavy atom. The molecule has 2 aliphatic rings. The van der Waals surface area contributed by atoms with E-state index in [2.05, 4.69) is 17.6 Å². The first-order valence-corrected chi connectivity index (χ1v) is 7.39. The van der Waals surface area contributed by atoms with Gasteiger partial charge in [-0.1, -0.05) is 6.92 Å². The molecule has 0 aliphatic carbocycles. The van der Waals surface area contributed by atoms with Crippen molar-refractivity contribution in [2.45, 2.75) is 45.1 Å². The van der Waals surface area contributed by atoms with Crippen LogP contribution in [0.25, 0.3) is 0 Å². The maximum Gasteiger partial charge on any atom is 0.0700 e. The highest BCUT2D eigenvalue weighted by atomic mass is 16.5. The third-order valence-corrected chi connectivity index (χ3v) is 4.31. The molecule has 0 bridgehead atoms. The summed E-state index contributed by atoms with van der Waals surface area (Å²) >= 11 is 0. The van der Waals surface area contributed by atoms with E-state index in [1.807, 2.05) is 0 Å². The number of nitrogens with one attached hydrogen (secondary N) is 2. The maximum atomic E-state index is 5.60. The molecule has 3 atom stereocenters. The van der Waals surface area contributed by atoms with E-state index >= 15 is 0 Å². The fourth-order valence-electron chi connectivity index (χ4n) is 3.00. The Kier molecular flexibility index (Phi) is 5.75. The molecule has 0 aromatic heterocycles. The Labute approximate surface area is 106 Å². The van der Waals surface area contributed by atoms with Crippen LogP contribution in [0.1, 0.15) is 39.0 Å². The lowest BCUT2D eigenvalue weighted by Gasteiger charge is -2.28. The van der Waals surface area contributed by atoms with Crippen LogP contribution in [0.4, 0.5) is 0 Å². The molecular formula is C14H28N2O. The number of rotatable bonds is 6. The second-order valence-corrected chi connectivity index (χ2v) is 5.71. The highest BCUT2D eigenvalue weighted by Crippen LogP contribution is 2.22. The second-order valence-electron chi connectivity index (χ2n) is 5.71. The zero-order valence-electron chi connectivity index (χ0n) is 11.2. The molecule has 0 radical (unpaired) electrons. The summed E-state index contributed by atoms with van der Waals surface area (Å²) in [5.74, 6) is 1.74. The Balaban J connectivity index is 1.51. The van der Waals surface area contributed by atoms with Crippen LogP contribution in [0.15, 0.2) is 0 Å². The minimum absolute atomic E-state index is 0.488. The molecule has 3 nitrogen and oxygen atoms in total. The Bertz CT molecular complexity index is 198. The van der Waals surface area contributed by atoms with Gasteiger partial charge >= 0.3 is 0 Å². The zero-order chi connectivity index (χ0) is 11.9. The van der Waals surface area contributed by atoms with Gasteiger partial charge in [-0.2, -0.15) is 0 Å². The highest BCUT2D eigenvalue weighted by molar-refractivity contribution is 4.75. The smallest absolute Gasteiger partial charge is 0.0700 e. The number of hydrogen-bond acceptors (Lipinski definition) is 3. The van der Waals surface area contributed by atoms with Gasteiger partial charge in [-0.25, -0.2) is 0 Å². The van der Waals surface area contributed by atoms with E-state index in [1.54, 1.807) is 0 Å². The number of hydrogen-bond donors (Lipinski definition) is 2. The molecule has 100 valence electrons. The molecule has 17 heavy (non-hydrogen) atoms. The molecule has 0 amide bonds. The van der Waals surface area contributed by atoms with Gasteiger partial charge in [0.1, 0.15) is 0 Å². The quantitative estimate of drug-likeness (QED) is 0.694. The molecule has 2 aliphatic heterocycles. The van der Waals surface area contributed by atoms with Crippen LogP contribution in [0.3, 0.4) is 0 Å². The molecular weight excluding hydrogens is 212 g/mol. The van der Waals surface area contributed by atoms with E-state index in [0.29, 0.717) is 6.10 Å². The minimum Gasteiger partial charge on any atom is -0.377 e. The van der Waals surface area contributed by atoms with Gasteiger partial charge in [0.25, 0.3) is 0 Å². The summed E-state index contributed by atoms with van der Waals surface area (Å²) in [5.41, 5.74) is 0. The molecule has 2 saturated heterocycles. The van der Waals surface area contributed by atoms with Crippen molar-refractivity contribution in [3.05, 3.63) is 0 Å². The Morgan fingerprint density at radius 1 is 1.35 bits per heavy atom. The van der Waals surface area contributed by atoms with Crippen molar-refractivity contribution in [1.29, 1.82) is 0 Å². The van der Waals surface area contributed by atoms with Crippen molar-refractivity contribution in [3.63, 3.8) is 0 Å². The van der Waals surface area contributed by atoms with Crippen molar-refractivity contribution in [2.24, 2.45) is 11.8 Å². The van der Waals surface area contributed by atoms with Gasteiger partial charge in [0.15, 0.2) is 0 Å². The minimum atomic E-state index is 0.488. The van der Waals surface area contributed by atoms with Crippen molar-refractivity contribution in [3.8, 4) is 0 Å². The van der Waals surface area contributed by atoms with Crippen LogP contribution in [0.5, 0.6) is 0 Å². The third kappa shape index (κ3) is 4.57. The predicted molar refractivity (Wildman–Crippen MR) is 71.2 cm³/mol. The van der Waals surface area contributed by atoms with Gasteiger partial charge < -0.3 is 15.4 Å². The first-order chi connectivity index (χ1) is 8.36. The van der Waals surface area contributed by atoms with Gasteiger partial charge in [-0.05, 0) is 63.6 Å². The van der Waals surface area contributed by atoms with Crippen LogP contribution < -0.4 is 10.6 Å². The SMILES string of the molecule is CC(CCNCC1CCCO1)C1CCCNC1. The lowest BCUT2D eigenvalue weighted by atomic mass is 9.85. The topological polar surface area (TPSA) is 33.3 Å². The first-order valence-electron chi connectivity index (χ1n) is 7.39. The average molecular weight is 240 g/mol. The van der Waals surface area contributed by atoms with Crippen molar-refractivity contribution < 1.29 is 4.74 Å². The van der Waals surface area contributed by atoms with Crippen molar-refractivity contribution in [2.75, 3.05) is 32.8 Å². The first kappa shape index (κ1) is 13.3. The summed E-state index contributed by atoms with van der Waals surface area (Å²) in [6, 6.07) is 0. The summed E-state index contributed by atoms with van der Waals surface area (Å²) in [4.78, 5) is 0. The summed E-state index contributed by atoms with van der Waals surface area (Å²) in [7, 11) is 0. The third-order valence-electron chi connectivity index (χ3n) is 4.31. The summed E-state index contributed by atoms with van der Waals surface area (Å²) < 4.78 is 5.60. The molecule has 0 spiro atoms. The fraction of sp³-hybridized carbons (Fsp3) is 1.00. The van der Waals surface area contributed by atoms with E-state index in [0.717, 1.165) is 31.5 Å². The van der Waals surface area contributed by atoms with E-state index in [9.17, 15) is 0 Å². The van der Waals surface area contributed by atoms with Gasteiger partial charge in [0, 0.05) is 13.2 Å². The fourth-order valence-corrected chi connectivity index (χ4v) is 3.00. The van der Waals surface area contributed by atoms with Gasteiger partial charge in [-0.3, -0.25) is 0 Å².